The molecule has 0 atom stereocenters. The zero-order chi connectivity index (χ0) is 25.0. The first-order valence-corrected chi connectivity index (χ1v) is 9.72. The van der Waals surface area contributed by atoms with Crippen LogP contribution < -0.4 is 16.4 Å². The molecule has 1 heterocycles. The average molecular weight is 478 g/mol. The number of alkyl halides is 3. The number of nitrogens with two attached hydrogens (primary N) is 1. The van der Waals surface area contributed by atoms with Crippen LogP contribution in [0.15, 0.2) is 48.7 Å². The second-order valence-corrected chi connectivity index (χ2v) is 7.17. The molecule has 3 rings (SSSR count). The van der Waals surface area contributed by atoms with E-state index in [2.05, 4.69) is 15.6 Å². The first-order valence-electron chi connectivity index (χ1n) is 9.72. The van der Waals surface area contributed by atoms with Crippen LogP contribution >= 0.6 is 0 Å². The number of hydrogen-bond donors (Lipinski definition) is 5. The first kappa shape index (κ1) is 24.3. The van der Waals surface area contributed by atoms with Gasteiger partial charge >= 0.3 is 18.2 Å². The van der Waals surface area contributed by atoms with Crippen LogP contribution in [0.2, 0.25) is 0 Å². The molecule has 0 unspecified atom stereocenters. The molecule has 0 fully saturated rings. The fourth-order valence-electron chi connectivity index (χ4n) is 3.26. The Kier molecular flexibility index (Phi) is 6.89. The molecule has 0 radical (unpaired) electrons. The number of carboxylic acid groups (broad SMARTS) is 1. The fraction of sp³-hybridized carbons (Fsp3) is 0.136. The molecular formula is C22H18F4N4O4. The molecule has 3 aromatic rings. The number of primary amides is 1. The predicted octanol–water partition coefficient (Wildman–Crippen LogP) is 4.60. The summed E-state index contributed by atoms with van der Waals surface area (Å²) in [5.74, 6) is -3.21. The van der Waals surface area contributed by atoms with E-state index in [1.165, 1.54) is 18.3 Å². The van der Waals surface area contributed by atoms with Crippen molar-refractivity contribution >= 4 is 29.3 Å². The minimum atomic E-state index is -4.92. The van der Waals surface area contributed by atoms with E-state index in [0.29, 0.717) is 28.8 Å². The monoisotopic (exact) mass is 478 g/mol. The molecule has 0 saturated carbocycles. The Balaban J connectivity index is 1.76. The van der Waals surface area contributed by atoms with Crippen molar-refractivity contribution in [2.75, 3.05) is 10.6 Å². The second-order valence-electron chi connectivity index (χ2n) is 7.17. The summed E-state index contributed by atoms with van der Waals surface area (Å²) in [7, 11) is 0. The van der Waals surface area contributed by atoms with Crippen molar-refractivity contribution in [3.05, 3.63) is 71.3 Å². The number of aliphatic carboxylic acids is 1. The number of aryl methyl sites for hydroxylation is 1. The van der Waals surface area contributed by atoms with Crippen molar-refractivity contribution in [3.8, 4) is 11.1 Å². The summed E-state index contributed by atoms with van der Waals surface area (Å²) >= 11 is 0. The van der Waals surface area contributed by atoms with Gasteiger partial charge in [0.2, 0.25) is 0 Å². The van der Waals surface area contributed by atoms with E-state index < -0.39 is 35.5 Å². The van der Waals surface area contributed by atoms with E-state index in [1.807, 2.05) is 0 Å². The van der Waals surface area contributed by atoms with Crippen molar-refractivity contribution < 1.29 is 37.1 Å². The van der Waals surface area contributed by atoms with Gasteiger partial charge in [-0.2, -0.15) is 13.2 Å². The van der Waals surface area contributed by atoms with E-state index >= 15 is 0 Å². The number of hydrogen-bond acceptors (Lipinski definition) is 3. The zero-order valence-electron chi connectivity index (χ0n) is 17.3. The van der Waals surface area contributed by atoms with Crippen molar-refractivity contribution in [1.82, 2.24) is 4.98 Å². The number of H-pyrrole nitrogens is 1. The summed E-state index contributed by atoms with van der Waals surface area (Å²) < 4.78 is 51.9. The second kappa shape index (κ2) is 9.65. The van der Waals surface area contributed by atoms with Crippen LogP contribution in [0.1, 0.15) is 28.0 Å². The van der Waals surface area contributed by atoms with E-state index in [0.717, 1.165) is 6.07 Å². The molecule has 2 aromatic carbocycles. The number of anilines is 2. The highest BCUT2D eigenvalue weighted by Crippen LogP contribution is 2.33. The van der Waals surface area contributed by atoms with Gasteiger partial charge in [-0.1, -0.05) is 12.1 Å². The normalized spacial score (nSPS) is 11.2. The van der Waals surface area contributed by atoms with Gasteiger partial charge in [0.25, 0.3) is 5.91 Å². The summed E-state index contributed by atoms with van der Waals surface area (Å²) in [5, 5.41) is 13.5. The summed E-state index contributed by atoms with van der Waals surface area (Å²) in [6.07, 6.45) is -3.44. The van der Waals surface area contributed by atoms with E-state index in [4.69, 9.17) is 10.8 Å². The summed E-state index contributed by atoms with van der Waals surface area (Å²) in [4.78, 5) is 37.6. The number of amides is 3. The molecule has 8 nitrogen and oxygen atoms in total. The van der Waals surface area contributed by atoms with Gasteiger partial charge in [0.15, 0.2) is 0 Å². The smallest absolute Gasteiger partial charge is 0.419 e. The largest absolute Gasteiger partial charge is 0.481 e. The molecule has 6 N–H and O–H groups in total. The van der Waals surface area contributed by atoms with Crippen molar-refractivity contribution in [2.24, 2.45) is 5.73 Å². The highest BCUT2D eigenvalue weighted by Gasteiger charge is 2.34. The lowest BCUT2D eigenvalue weighted by Crippen LogP contribution is -2.20. The molecule has 1 aromatic heterocycles. The molecule has 34 heavy (non-hydrogen) atoms. The third kappa shape index (κ3) is 5.71. The van der Waals surface area contributed by atoms with Crippen molar-refractivity contribution in [1.29, 1.82) is 0 Å². The Morgan fingerprint density at radius 1 is 1.00 bits per heavy atom. The van der Waals surface area contributed by atoms with Crippen LogP contribution in [0.25, 0.3) is 11.1 Å². The minimum Gasteiger partial charge on any atom is -0.481 e. The van der Waals surface area contributed by atoms with Crippen LogP contribution in [0.3, 0.4) is 0 Å². The van der Waals surface area contributed by atoms with Gasteiger partial charge in [0.1, 0.15) is 11.5 Å². The Bertz CT molecular complexity index is 1240. The molecule has 0 bridgehead atoms. The number of aromatic nitrogens is 1. The Morgan fingerprint density at radius 2 is 1.62 bits per heavy atom. The van der Waals surface area contributed by atoms with Crippen molar-refractivity contribution in [3.63, 3.8) is 0 Å². The third-order valence-electron chi connectivity index (χ3n) is 4.78. The number of halogens is 4. The Hall–Kier alpha value is -4.35. The summed E-state index contributed by atoms with van der Waals surface area (Å²) in [6, 6.07) is 7.25. The van der Waals surface area contributed by atoms with Gasteiger partial charge < -0.3 is 26.5 Å². The maximum atomic E-state index is 13.4. The van der Waals surface area contributed by atoms with Crippen LogP contribution in [-0.2, 0) is 17.4 Å². The predicted molar refractivity (Wildman–Crippen MR) is 115 cm³/mol. The quantitative estimate of drug-likeness (QED) is 0.317. The van der Waals surface area contributed by atoms with E-state index in [1.54, 1.807) is 12.1 Å². The number of carbonyl (C=O) groups excluding carboxylic acids is 2. The van der Waals surface area contributed by atoms with Gasteiger partial charge in [-0.05, 0) is 47.9 Å². The molecule has 178 valence electrons. The zero-order valence-corrected chi connectivity index (χ0v) is 17.3. The number of rotatable bonds is 7. The van der Waals surface area contributed by atoms with Gasteiger partial charge in [-0.25, -0.2) is 9.18 Å². The molecular weight excluding hydrogens is 460 g/mol. The van der Waals surface area contributed by atoms with Gasteiger partial charge in [0, 0.05) is 29.6 Å². The third-order valence-corrected chi connectivity index (χ3v) is 4.78. The minimum absolute atomic E-state index is 0.0932. The molecule has 0 saturated heterocycles. The van der Waals surface area contributed by atoms with E-state index in [9.17, 15) is 31.9 Å². The number of benzene rings is 2. The highest BCUT2D eigenvalue weighted by molar-refractivity contribution is 6.01. The topological polar surface area (TPSA) is 137 Å². The number of carboxylic acids is 1. The lowest BCUT2D eigenvalue weighted by atomic mass is 9.98. The molecule has 12 heteroatoms. The summed E-state index contributed by atoms with van der Waals surface area (Å²) in [5.41, 5.74) is 5.49. The van der Waals surface area contributed by atoms with Crippen LogP contribution in [0.4, 0.5) is 33.7 Å². The SMILES string of the molecule is NC(=O)c1[nH]cc(CCC(=O)O)c1-c1ccc(NC(=O)Nc2ccc(F)c(C(F)(F)F)c2)cc1. The van der Waals surface area contributed by atoms with Gasteiger partial charge in [-0.15, -0.1) is 0 Å². The van der Waals surface area contributed by atoms with Gasteiger partial charge in [-0.3, -0.25) is 9.59 Å². The fourth-order valence-corrected chi connectivity index (χ4v) is 3.26. The molecule has 0 aliphatic heterocycles. The van der Waals surface area contributed by atoms with Gasteiger partial charge in [0.05, 0.1) is 5.56 Å². The molecule has 3 amide bonds. The van der Waals surface area contributed by atoms with Crippen molar-refractivity contribution in [2.45, 2.75) is 19.0 Å². The van der Waals surface area contributed by atoms with Crippen LogP contribution in [0, 0.1) is 5.82 Å². The van der Waals surface area contributed by atoms with Crippen LogP contribution in [-0.4, -0.2) is 28.0 Å². The highest BCUT2D eigenvalue weighted by atomic mass is 19.4. The lowest BCUT2D eigenvalue weighted by Gasteiger charge is -2.12. The molecule has 0 spiro atoms. The summed E-state index contributed by atoms with van der Waals surface area (Å²) in [6.45, 7) is 0. The maximum absolute atomic E-state index is 13.4. The lowest BCUT2D eigenvalue weighted by molar-refractivity contribution is -0.140. The average Bonchev–Trinajstić information content (AvgIpc) is 3.17. The maximum Gasteiger partial charge on any atom is 0.419 e. The Morgan fingerprint density at radius 3 is 2.21 bits per heavy atom. The Labute approximate surface area is 189 Å². The molecule has 0 aliphatic carbocycles. The standard InChI is InChI=1S/C22H18F4N4O4/c23-16-7-6-14(9-15(16)22(24,25)26)30-21(34)29-13-4-1-11(2-5-13)18-12(3-8-17(31)32)10-28-19(18)20(27)33/h1-2,4-7,9-10,28H,3,8H2,(H2,27,33)(H,31,32)(H2,29,30,34). The number of aromatic amines is 1. The molecule has 0 aliphatic rings. The van der Waals surface area contributed by atoms with Crippen LogP contribution in [0.5, 0.6) is 0 Å². The number of urea groups is 1. The number of carbonyl (C=O) groups is 3. The van der Waals surface area contributed by atoms with E-state index in [-0.39, 0.29) is 29.9 Å². The number of nitrogens with one attached hydrogen (secondary N) is 3. The first-order chi connectivity index (χ1) is 16.0.